The zero-order valence-corrected chi connectivity index (χ0v) is 8.24. The molecule has 0 fully saturated rings. The van der Waals surface area contributed by atoms with E-state index in [1.807, 2.05) is 42.8 Å². The van der Waals surface area contributed by atoms with Gasteiger partial charge in [-0.1, -0.05) is 36.4 Å². The maximum Gasteiger partial charge on any atom is 0.00998 e. The second-order valence-corrected chi connectivity index (χ2v) is 2.86. The summed E-state index contributed by atoms with van der Waals surface area (Å²) in [6.07, 6.45) is 7.73. The van der Waals surface area contributed by atoms with Gasteiger partial charge in [-0.25, -0.2) is 0 Å². The summed E-state index contributed by atoms with van der Waals surface area (Å²) in [7, 11) is 0. The average Bonchev–Trinajstić information content (AvgIpc) is 2.19. The van der Waals surface area contributed by atoms with Crippen molar-refractivity contribution in [2.24, 2.45) is 0 Å². The molecule has 13 heavy (non-hydrogen) atoms. The number of thiol groups is 1. The third-order valence-corrected chi connectivity index (χ3v) is 1.70. The highest BCUT2D eigenvalue weighted by Gasteiger charge is 1.79. The zero-order valence-electron chi connectivity index (χ0n) is 7.35. The molecule has 0 aromatic heterocycles. The van der Waals surface area contributed by atoms with E-state index in [-0.39, 0.29) is 0 Å². The standard InChI is InChI=1S/C11H13NS/c13-10-4-8-12-9-7-11-5-2-1-3-6-11/h1-9,12-13H,10H2. The van der Waals surface area contributed by atoms with E-state index in [4.69, 9.17) is 0 Å². The van der Waals surface area contributed by atoms with Crippen LogP contribution in [0.4, 0.5) is 0 Å². The van der Waals surface area contributed by atoms with Gasteiger partial charge in [0.05, 0.1) is 0 Å². The molecule has 0 amide bonds. The normalized spacial score (nSPS) is 11.2. The van der Waals surface area contributed by atoms with Gasteiger partial charge in [0.1, 0.15) is 0 Å². The fraction of sp³-hybridized carbons (Fsp3) is 0.0909. The Kier molecular flexibility index (Phi) is 4.87. The first-order chi connectivity index (χ1) is 6.43. The molecule has 1 aromatic carbocycles. The molecule has 1 aromatic rings. The molecular weight excluding hydrogens is 178 g/mol. The van der Waals surface area contributed by atoms with E-state index in [1.165, 1.54) is 5.56 Å². The minimum Gasteiger partial charge on any atom is -0.368 e. The molecule has 0 radical (unpaired) electrons. The monoisotopic (exact) mass is 191 g/mol. The summed E-state index contributed by atoms with van der Waals surface area (Å²) in [5, 5.41) is 3.02. The van der Waals surface area contributed by atoms with Crippen molar-refractivity contribution in [3.8, 4) is 0 Å². The Balaban J connectivity index is 2.37. The van der Waals surface area contributed by atoms with Crippen LogP contribution in [-0.2, 0) is 0 Å². The van der Waals surface area contributed by atoms with E-state index in [1.54, 1.807) is 0 Å². The number of rotatable bonds is 4. The zero-order chi connectivity index (χ0) is 9.36. The molecular formula is C11H13NS. The van der Waals surface area contributed by atoms with Crippen molar-refractivity contribution in [2.75, 3.05) is 5.75 Å². The van der Waals surface area contributed by atoms with Crippen molar-refractivity contribution >= 4 is 18.7 Å². The molecule has 1 nitrogen and oxygen atoms in total. The molecule has 2 heteroatoms. The predicted molar refractivity (Wildman–Crippen MR) is 61.6 cm³/mol. The Morgan fingerprint density at radius 2 is 1.92 bits per heavy atom. The fourth-order valence-corrected chi connectivity index (χ4v) is 0.990. The van der Waals surface area contributed by atoms with Crippen LogP contribution in [0.5, 0.6) is 0 Å². The van der Waals surface area contributed by atoms with Gasteiger partial charge in [0.2, 0.25) is 0 Å². The van der Waals surface area contributed by atoms with Crippen molar-refractivity contribution in [1.29, 1.82) is 0 Å². The van der Waals surface area contributed by atoms with Crippen molar-refractivity contribution in [1.82, 2.24) is 5.32 Å². The Bertz CT molecular complexity index is 277. The Hall–Kier alpha value is -1.15. The molecule has 0 heterocycles. The van der Waals surface area contributed by atoms with Gasteiger partial charge in [0, 0.05) is 12.0 Å². The quantitative estimate of drug-likeness (QED) is 0.697. The highest BCUT2D eigenvalue weighted by molar-refractivity contribution is 7.80. The molecule has 0 saturated heterocycles. The molecule has 68 valence electrons. The van der Waals surface area contributed by atoms with Crippen molar-refractivity contribution in [3.63, 3.8) is 0 Å². The van der Waals surface area contributed by atoms with Crippen LogP contribution in [0.3, 0.4) is 0 Å². The lowest BCUT2D eigenvalue weighted by molar-refractivity contribution is 1.20. The van der Waals surface area contributed by atoms with Crippen molar-refractivity contribution < 1.29 is 0 Å². The number of hydrogen-bond acceptors (Lipinski definition) is 2. The number of hydrogen-bond donors (Lipinski definition) is 2. The van der Waals surface area contributed by atoms with Gasteiger partial charge in [-0.05, 0) is 17.8 Å². The third-order valence-electron chi connectivity index (χ3n) is 1.49. The summed E-state index contributed by atoms with van der Waals surface area (Å²) in [6.45, 7) is 0. The van der Waals surface area contributed by atoms with Gasteiger partial charge < -0.3 is 5.32 Å². The fourth-order valence-electron chi connectivity index (χ4n) is 0.885. The van der Waals surface area contributed by atoms with Gasteiger partial charge in [0.15, 0.2) is 0 Å². The minimum atomic E-state index is 0.756. The highest BCUT2D eigenvalue weighted by atomic mass is 32.1. The molecule has 0 bridgehead atoms. The van der Waals surface area contributed by atoms with E-state index >= 15 is 0 Å². The lowest BCUT2D eigenvalue weighted by Gasteiger charge is -1.91. The molecule has 0 spiro atoms. The molecule has 0 aliphatic carbocycles. The van der Waals surface area contributed by atoms with Crippen LogP contribution in [-0.4, -0.2) is 5.75 Å². The first kappa shape index (κ1) is 9.93. The summed E-state index contributed by atoms with van der Waals surface area (Å²) < 4.78 is 0. The second-order valence-electron chi connectivity index (χ2n) is 2.50. The summed E-state index contributed by atoms with van der Waals surface area (Å²) >= 11 is 4.04. The van der Waals surface area contributed by atoms with Crippen molar-refractivity contribution in [2.45, 2.75) is 0 Å². The van der Waals surface area contributed by atoms with E-state index in [9.17, 15) is 0 Å². The first-order valence-corrected chi connectivity index (χ1v) is 4.80. The molecule has 0 aliphatic rings. The van der Waals surface area contributed by atoms with Crippen LogP contribution >= 0.6 is 12.6 Å². The Labute approximate surface area is 84.6 Å². The van der Waals surface area contributed by atoms with Crippen LogP contribution in [0.25, 0.3) is 6.08 Å². The summed E-state index contributed by atoms with van der Waals surface area (Å²) in [5.74, 6) is 0.756. The largest absolute Gasteiger partial charge is 0.368 e. The molecule has 1 rings (SSSR count). The maximum absolute atomic E-state index is 4.04. The van der Waals surface area contributed by atoms with Gasteiger partial charge >= 0.3 is 0 Å². The smallest absolute Gasteiger partial charge is 0.00998 e. The van der Waals surface area contributed by atoms with Crippen LogP contribution in [0.15, 0.2) is 48.8 Å². The molecule has 0 saturated carbocycles. The van der Waals surface area contributed by atoms with E-state index in [2.05, 4.69) is 30.1 Å². The average molecular weight is 191 g/mol. The van der Waals surface area contributed by atoms with Gasteiger partial charge in [-0.2, -0.15) is 12.6 Å². The SMILES string of the molecule is SCC=CNC=Cc1ccccc1. The van der Waals surface area contributed by atoms with Crippen LogP contribution in [0.2, 0.25) is 0 Å². The van der Waals surface area contributed by atoms with Gasteiger partial charge in [-0.15, -0.1) is 0 Å². The third kappa shape index (κ3) is 4.43. The number of nitrogens with one attached hydrogen (secondary N) is 1. The lowest BCUT2D eigenvalue weighted by Crippen LogP contribution is -1.90. The molecule has 0 atom stereocenters. The van der Waals surface area contributed by atoms with Crippen molar-refractivity contribution in [3.05, 3.63) is 54.4 Å². The highest BCUT2D eigenvalue weighted by Crippen LogP contribution is 1.99. The van der Waals surface area contributed by atoms with Crippen LogP contribution < -0.4 is 5.32 Å². The number of benzene rings is 1. The van der Waals surface area contributed by atoms with Crippen LogP contribution in [0, 0.1) is 0 Å². The summed E-state index contributed by atoms with van der Waals surface area (Å²) in [6, 6.07) is 10.2. The van der Waals surface area contributed by atoms with E-state index < -0.39 is 0 Å². The molecule has 0 aliphatic heterocycles. The topological polar surface area (TPSA) is 12.0 Å². The molecule has 1 N–H and O–H groups in total. The van der Waals surface area contributed by atoms with Gasteiger partial charge in [-0.3, -0.25) is 0 Å². The summed E-state index contributed by atoms with van der Waals surface area (Å²) in [4.78, 5) is 0. The van der Waals surface area contributed by atoms with E-state index in [0.717, 1.165) is 5.75 Å². The maximum atomic E-state index is 4.04. The first-order valence-electron chi connectivity index (χ1n) is 4.17. The predicted octanol–water partition coefficient (Wildman–Crippen LogP) is 2.69. The second kappa shape index (κ2) is 6.38. The van der Waals surface area contributed by atoms with Gasteiger partial charge in [0.25, 0.3) is 0 Å². The summed E-state index contributed by atoms with van der Waals surface area (Å²) in [5.41, 5.74) is 1.19. The van der Waals surface area contributed by atoms with E-state index in [0.29, 0.717) is 0 Å². The Morgan fingerprint density at radius 3 is 2.62 bits per heavy atom. The van der Waals surface area contributed by atoms with Crippen LogP contribution in [0.1, 0.15) is 5.56 Å². The minimum absolute atomic E-state index is 0.756. The lowest BCUT2D eigenvalue weighted by atomic mass is 10.2. The Morgan fingerprint density at radius 1 is 1.15 bits per heavy atom. The molecule has 0 unspecified atom stereocenters.